The molecule has 3 aromatic carbocycles. The van der Waals surface area contributed by atoms with E-state index < -0.39 is 59.3 Å². The van der Waals surface area contributed by atoms with Crippen molar-refractivity contribution in [2.24, 2.45) is 11.3 Å². The van der Waals surface area contributed by atoms with Gasteiger partial charge in [-0.3, -0.25) is 24.2 Å². The highest BCUT2D eigenvalue weighted by Crippen LogP contribution is 2.40. The van der Waals surface area contributed by atoms with Crippen LogP contribution in [0.15, 0.2) is 79.0 Å². The van der Waals surface area contributed by atoms with Gasteiger partial charge in [0.2, 0.25) is 23.6 Å². The number of hydrogen-bond donors (Lipinski definition) is 5. The lowest BCUT2D eigenvalue weighted by Crippen LogP contribution is -2.65. The molecule has 4 amide bonds. The van der Waals surface area contributed by atoms with Crippen LogP contribution in [0.3, 0.4) is 0 Å². The van der Waals surface area contributed by atoms with Crippen LogP contribution >= 0.6 is 0 Å². The number of rotatable bonds is 11. The molecule has 0 spiro atoms. The highest BCUT2D eigenvalue weighted by molar-refractivity contribution is 6.02. The molecule has 5 aromatic rings. The van der Waals surface area contributed by atoms with Crippen LogP contribution in [0.4, 0.5) is 23.2 Å². The maximum atomic E-state index is 14.5. The third kappa shape index (κ3) is 11.0. The number of para-hydroxylation sites is 1. The van der Waals surface area contributed by atoms with Crippen LogP contribution in [0.25, 0.3) is 21.8 Å². The fourth-order valence-electron chi connectivity index (χ4n) is 6.79. The van der Waals surface area contributed by atoms with Gasteiger partial charge in [-0.2, -0.15) is 13.2 Å². The summed E-state index contributed by atoms with van der Waals surface area (Å²) in [5, 5.41) is 12.0. The molecule has 1 aliphatic rings. The van der Waals surface area contributed by atoms with Gasteiger partial charge in [0.25, 0.3) is 0 Å². The summed E-state index contributed by atoms with van der Waals surface area (Å²) in [7, 11) is 0. The number of anilines is 1. The van der Waals surface area contributed by atoms with Crippen molar-refractivity contribution >= 4 is 51.1 Å². The van der Waals surface area contributed by atoms with Crippen LogP contribution in [-0.2, 0) is 44.6 Å². The van der Waals surface area contributed by atoms with Gasteiger partial charge in [0, 0.05) is 34.8 Å². The van der Waals surface area contributed by atoms with E-state index in [0.717, 1.165) is 17.0 Å². The van der Waals surface area contributed by atoms with E-state index in [1.54, 1.807) is 43.5 Å². The molecule has 0 aliphatic heterocycles. The Morgan fingerprint density at radius 3 is 2.34 bits per heavy atom. The second-order valence-electron chi connectivity index (χ2n) is 16.3. The average molecular weight is 817 g/mol. The van der Waals surface area contributed by atoms with Crippen LogP contribution in [-0.4, -0.2) is 51.7 Å². The Kier molecular flexibility index (Phi) is 13.8. The summed E-state index contributed by atoms with van der Waals surface area (Å²) in [6.07, 6.45) is -1.67. The van der Waals surface area contributed by atoms with Crippen molar-refractivity contribution < 1.29 is 36.7 Å². The number of pyridine rings is 1. The predicted molar refractivity (Wildman–Crippen MR) is 221 cm³/mol. The maximum absolute atomic E-state index is 14.5. The lowest BCUT2D eigenvalue weighted by atomic mass is 9.78. The molecular weight excluding hydrogens is 765 g/mol. The predicted octanol–water partition coefficient (Wildman–Crippen LogP) is 8.19. The maximum Gasteiger partial charge on any atom is 0.418 e. The van der Waals surface area contributed by atoms with E-state index >= 15 is 0 Å². The zero-order chi connectivity index (χ0) is 43.1. The smallest absolute Gasteiger partial charge is 0.358 e. The Balaban J connectivity index is 0.00000102. The number of aromatic nitrogens is 2. The van der Waals surface area contributed by atoms with Gasteiger partial charge in [-0.05, 0) is 71.7 Å². The van der Waals surface area contributed by atoms with E-state index in [0.29, 0.717) is 28.8 Å². The Morgan fingerprint density at radius 1 is 0.932 bits per heavy atom. The third-order valence-electron chi connectivity index (χ3n) is 10.9. The van der Waals surface area contributed by atoms with Gasteiger partial charge in [-0.25, -0.2) is 4.39 Å². The molecule has 0 saturated carbocycles. The van der Waals surface area contributed by atoms with Gasteiger partial charge in [-0.1, -0.05) is 90.8 Å². The molecule has 0 bridgehead atoms. The second-order valence-corrected chi connectivity index (χ2v) is 16.3. The van der Waals surface area contributed by atoms with E-state index in [1.165, 1.54) is 36.8 Å². The number of aromatic amines is 1. The number of alkyl halides is 3. The number of benzene rings is 3. The minimum Gasteiger partial charge on any atom is -0.358 e. The molecule has 10 nitrogen and oxygen atoms in total. The first-order chi connectivity index (χ1) is 27.8. The SMILES string of the molecule is CCC(C)(C)C.CC[C@H](C)C(NC(=O)[C@@]1(NC(=O)CNC(=O)Cc2ccccc2F)CCc2[nH]c3c(C(F)(F)F)cccc3c2C1)C(=O)Nc1ccc2ncccc2c1. The summed E-state index contributed by atoms with van der Waals surface area (Å²) in [5.41, 5.74) is 0.0936. The van der Waals surface area contributed by atoms with Crippen molar-refractivity contribution in [3.05, 3.63) is 107 Å². The lowest BCUT2D eigenvalue weighted by Gasteiger charge is -2.38. The summed E-state index contributed by atoms with van der Waals surface area (Å²) in [6, 6.07) is 17.3. The van der Waals surface area contributed by atoms with E-state index in [9.17, 15) is 36.7 Å². The molecule has 3 atom stereocenters. The van der Waals surface area contributed by atoms with Crippen LogP contribution in [0, 0.1) is 17.2 Å². The minimum absolute atomic E-state index is 0.0264. The zero-order valence-corrected chi connectivity index (χ0v) is 34.2. The summed E-state index contributed by atoms with van der Waals surface area (Å²) >= 11 is 0. The molecule has 0 saturated heterocycles. The first-order valence-electron chi connectivity index (χ1n) is 19.8. The van der Waals surface area contributed by atoms with Crippen molar-refractivity contribution in [1.82, 2.24) is 25.9 Å². The Morgan fingerprint density at radius 2 is 1.66 bits per heavy atom. The highest BCUT2D eigenvalue weighted by atomic mass is 19.4. The fourth-order valence-corrected chi connectivity index (χ4v) is 6.79. The first-order valence-corrected chi connectivity index (χ1v) is 19.8. The Bertz CT molecular complexity index is 2320. The number of fused-ring (bicyclic) bond motifs is 4. The number of carbonyl (C=O) groups excluding carboxylic acids is 4. The molecule has 1 aliphatic carbocycles. The zero-order valence-electron chi connectivity index (χ0n) is 34.2. The second kappa shape index (κ2) is 18.4. The highest BCUT2D eigenvalue weighted by Gasteiger charge is 2.46. The lowest BCUT2D eigenvalue weighted by molar-refractivity contribution is -0.136. The molecule has 314 valence electrons. The van der Waals surface area contributed by atoms with Crippen molar-refractivity contribution in [3.63, 3.8) is 0 Å². The number of carbonyl (C=O) groups is 4. The first kappa shape index (κ1) is 44.3. The molecule has 2 heterocycles. The minimum atomic E-state index is -4.64. The van der Waals surface area contributed by atoms with Crippen molar-refractivity contribution in [1.29, 1.82) is 0 Å². The molecule has 2 aromatic heterocycles. The number of amides is 4. The Labute approximate surface area is 341 Å². The van der Waals surface area contributed by atoms with E-state index in [2.05, 4.69) is 58.9 Å². The quantitative estimate of drug-likeness (QED) is 0.0855. The van der Waals surface area contributed by atoms with E-state index in [4.69, 9.17) is 0 Å². The van der Waals surface area contributed by atoms with Crippen LogP contribution in [0.5, 0.6) is 0 Å². The molecular formula is C45H52F4N6O4. The largest absolute Gasteiger partial charge is 0.418 e. The Hall–Kier alpha value is -5.79. The number of aryl methyl sites for hydroxylation is 1. The fraction of sp³-hybridized carbons (Fsp3) is 0.400. The number of H-pyrrole nitrogens is 1. The van der Waals surface area contributed by atoms with Gasteiger partial charge in [0.1, 0.15) is 17.4 Å². The van der Waals surface area contributed by atoms with Crippen molar-refractivity contribution in [2.75, 3.05) is 11.9 Å². The number of halogens is 4. The summed E-state index contributed by atoms with van der Waals surface area (Å²) < 4.78 is 56.0. The monoisotopic (exact) mass is 816 g/mol. The van der Waals surface area contributed by atoms with E-state index in [1.807, 2.05) is 13.0 Å². The van der Waals surface area contributed by atoms with Gasteiger partial charge in [0.05, 0.1) is 29.6 Å². The molecule has 0 fully saturated rings. The summed E-state index contributed by atoms with van der Waals surface area (Å²) in [5.74, 6) is -3.55. The molecule has 14 heteroatoms. The normalized spacial score (nSPS) is 16.2. The molecule has 1 unspecified atom stereocenters. The standard InChI is InChI=1S/C39H38F4N6O4.C6H14/c1-3-22(2)34(36(52)46-25-13-14-30-24(18-25)9-7-17-44-30)48-37(53)38(49-33(51)21-45-32(50)19-23-8-4-5-12-29(23)40)16-15-31-27(20-38)26-10-6-11-28(35(26)47-31)39(41,42)43;1-5-6(2,3)4/h4-14,17-18,22,34,47H,3,15-16,19-21H2,1-2H3,(H,45,50)(H,46,52)(H,48,53)(H,49,51);5H2,1-4H3/t22-,34?,38+;/m0./s1. The average Bonchev–Trinajstić information content (AvgIpc) is 3.56. The van der Waals surface area contributed by atoms with Crippen molar-refractivity contribution in [2.45, 2.75) is 97.8 Å². The van der Waals surface area contributed by atoms with Crippen LogP contribution < -0.4 is 21.3 Å². The molecule has 59 heavy (non-hydrogen) atoms. The van der Waals surface area contributed by atoms with Gasteiger partial charge < -0.3 is 26.3 Å². The summed E-state index contributed by atoms with van der Waals surface area (Å²) in [6.45, 7) is 12.0. The number of nitrogens with one attached hydrogen (secondary N) is 5. The van der Waals surface area contributed by atoms with Crippen molar-refractivity contribution in [3.8, 4) is 0 Å². The third-order valence-corrected chi connectivity index (χ3v) is 10.9. The van der Waals surface area contributed by atoms with Gasteiger partial charge >= 0.3 is 6.18 Å². The molecule has 0 radical (unpaired) electrons. The topological polar surface area (TPSA) is 145 Å². The number of hydrogen-bond acceptors (Lipinski definition) is 5. The van der Waals surface area contributed by atoms with Crippen LogP contribution in [0.1, 0.15) is 83.2 Å². The van der Waals surface area contributed by atoms with Crippen LogP contribution in [0.2, 0.25) is 0 Å². The van der Waals surface area contributed by atoms with Gasteiger partial charge in [-0.15, -0.1) is 0 Å². The summed E-state index contributed by atoms with van der Waals surface area (Å²) in [4.78, 5) is 61.6. The molecule has 6 rings (SSSR count). The van der Waals surface area contributed by atoms with Gasteiger partial charge in [0.15, 0.2) is 0 Å². The number of nitrogens with zero attached hydrogens (tertiary/aromatic N) is 1. The molecule has 5 N–H and O–H groups in total. The van der Waals surface area contributed by atoms with E-state index in [-0.39, 0.29) is 48.1 Å².